The maximum absolute atomic E-state index is 13.7. The van der Waals surface area contributed by atoms with Gasteiger partial charge in [-0.2, -0.15) is 0 Å². The number of likely N-dealkylation sites (N-methyl/N-ethyl adjacent to an activating group) is 1. The lowest BCUT2D eigenvalue weighted by Gasteiger charge is -2.24. The number of carbonyl (C=O) groups excluding carboxylic acids is 2. The first-order valence-electron chi connectivity index (χ1n) is 9.80. The predicted octanol–water partition coefficient (Wildman–Crippen LogP) is 3.28. The zero-order chi connectivity index (χ0) is 21.1. The molecule has 1 aliphatic heterocycles. The van der Waals surface area contributed by atoms with Crippen LogP contribution in [0, 0.1) is 18.7 Å². The van der Waals surface area contributed by atoms with E-state index in [1.807, 2.05) is 25.8 Å². The van der Waals surface area contributed by atoms with Crippen molar-refractivity contribution in [1.82, 2.24) is 15.2 Å². The summed E-state index contributed by atoms with van der Waals surface area (Å²) < 4.78 is 19.2. The molecule has 8 heteroatoms. The average molecular weight is 402 g/mol. The summed E-state index contributed by atoms with van der Waals surface area (Å²) in [5.74, 6) is -0.676. The summed E-state index contributed by atoms with van der Waals surface area (Å²) in [5, 5.41) is 5.65. The van der Waals surface area contributed by atoms with Gasteiger partial charge in [0.1, 0.15) is 18.1 Å². The summed E-state index contributed by atoms with van der Waals surface area (Å²) in [6, 6.07) is 3.86. The van der Waals surface area contributed by atoms with Crippen molar-refractivity contribution in [2.75, 3.05) is 18.9 Å². The molecule has 2 aromatic rings. The molecular weight excluding hydrogens is 375 g/mol. The van der Waals surface area contributed by atoms with E-state index in [0.717, 1.165) is 19.4 Å². The van der Waals surface area contributed by atoms with Gasteiger partial charge >= 0.3 is 0 Å². The Hall–Kier alpha value is -2.74. The lowest BCUT2D eigenvalue weighted by Crippen LogP contribution is -2.44. The number of amides is 2. The van der Waals surface area contributed by atoms with Crippen molar-refractivity contribution in [3.05, 3.63) is 47.4 Å². The zero-order valence-corrected chi connectivity index (χ0v) is 17.2. The van der Waals surface area contributed by atoms with Gasteiger partial charge in [0.05, 0.1) is 6.04 Å². The smallest absolute Gasteiger partial charge is 0.277 e. The fraction of sp³-hybridized carbons (Fsp3) is 0.476. The Morgan fingerprint density at radius 3 is 2.76 bits per heavy atom. The Labute approximate surface area is 169 Å². The number of nitrogens with zero attached hydrogens (tertiary/aromatic N) is 2. The molecule has 2 heterocycles. The number of halogens is 1. The number of nitrogens with one attached hydrogen (secondary N) is 2. The van der Waals surface area contributed by atoms with E-state index in [2.05, 4.69) is 15.6 Å². The fourth-order valence-corrected chi connectivity index (χ4v) is 3.47. The molecule has 0 bridgehead atoms. The number of hydrogen-bond acceptors (Lipinski definition) is 5. The number of benzene rings is 1. The summed E-state index contributed by atoms with van der Waals surface area (Å²) >= 11 is 0. The second-order valence-corrected chi connectivity index (χ2v) is 7.81. The van der Waals surface area contributed by atoms with Gasteiger partial charge in [0, 0.05) is 11.3 Å². The highest BCUT2D eigenvalue weighted by molar-refractivity contribution is 6.03. The van der Waals surface area contributed by atoms with E-state index in [9.17, 15) is 14.0 Å². The minimum Gasteiger partial charge on any atom is -0.446 e. The van der Waals surface area contributed by atoms with Crippen LogP contribution in [0.4, 0.5) is 10.1 Å². The van der Waals surface area contributed by atoms with Gasteiger partial charge in [-0.1, -0.05) is 19.9 Å². The van der Waals surface area contributed by atoms with Gasteiger partial charge in [-0.15, -0.1) is 0 Å². The van der Waals surface area contributed by atoms with E-state index in [1.165, 1.54) is 18.4 Å². The van der Waals surface area contributed by atoms with E-state index in [0.29, 0.717) is 11.3 Å². The maximum Gasteiger partial charge on any atom is 0.277 e. The highest BCUT2D eigenvalue weighted by Gasteiger charge is 2.32. The van der Waals surface area contributed by atoms with E-state index in [1.54, 1.807) is 13.0 Å². The fourth-order valence-electron chi connectivity index (χ4n) is 3.47. The number of hydrogen-bond donors (Lipinski definition) is 2. The SMILES string of the molecule is Cc1c(F)cccc1NC(=O)c1coc([C@H](NC(=O)[C@@H]2CCCN2C)C(C)C)n1. The molecule has 0 saturated carbocycles. The molecule has 0 spiro atoms. The Kier molecular flexibility index (Phi) is 6.32. The minimum absolute atomic E-state index is 0.0192. The topological polar surface area (TPSA) is 87.5 Å². The summed E-state index contributed by atoms with van der Waals surface area (Å²) in [6.45, 7) is 6.38. The third-order valence-corrected chi connectivity index (χ3v) is 5.32. The second-order valence-electron chi connectivity index (χ2n) is 7.81. The van der Waals surface area contributed by atoms with Gasteiger partial charge in [-0.3, -0.25) is 14.5 Å². The van der Waals surface area contributed by atoms with E-state index >= 15 is 0 Å². The molecule has 1 saturated heterocycles. The minimum atomic E-state index is -0.502. The Bertz CT molecular complexity index is 896. The van der Waals surface area contributed by atoms with Crippen molar-refractivity contribution in [3.63, 3.8) is 0 Å². The zero-order valence-electron chi connectivity index (χ0n) is 17.2. The van der Waals surface area contributed by atoms with Crippen LogP contribution in [0.1, 0.15) is 54.7 Å². The molecule has 0 unspecified atom stereocenters. The van der Waals surface area contributed by atoms with Gasteiger partial charge < -0.3 is 15.1 Å². The molecule has 1 aromatic carbocycles. The van der Waals surface area contributed by atoms with Gasteiger partial charge in [-0.25, -0.2) is 9.37 Å². The standard InChI is InChI=1S/C21H27FN4O3/c1-12(2)18(25-20(28)17-9-6-10-26(17)4)21-24-16(11-29-21)19(27)23-15-8-5-7-14(22)13(15)3/h5,7-8,11-12,17-18H,6,9-10H2,1-4H3,(H,23,27)(H,25,28)/t17-,18+/m0/s1. The predicted molar refractivity (Wildman–Crippen MR) is 107 cm³/mol. The van der Waals surface area contributed by atoms with Crippen LogP contribution in [0.15, 0.2) is 28.9 Å². The lowest BCUT2D eigenvalue weighted by molar-refractivity contribution is -0.126. The molecule has 3 rings (SSSR count). The third kappa shape index (κ3) is 4.64. The molecule has 2 amide bonds. The maximum atomic E-state index is 13.7. The largest absolute Gasteiger partial charge is 0.446 e. The quantitative estimate of drug-likeness (QED) is 0.774. The number of carbonyl (C=O) groups is 2. The molecule has 0 radical (unpaired) electrons. The molecule has 2 atom stereocenters. The number of aromatic nitrogens is 1. The molecule has 1 aliphatic rings. The van der Waals surface area contributed by atoms with Crippen molar-refractivity contribution < 1.29 is 18.4 Å². The van der Waals surface area contributed by atoms with Gasteiger partial charge in [-0.05, 0) is 51.4 Å². The van der Waals surface area contributed by atoms with Crippen LogP contribution in [-0.4, -0.2) is 41.3 Å². The summed E-state index contributed by atoms with van der Waals surface area (Å²) in [4.78, 5) is 31.5. The molecule has 156 valence electrons. The molecule has 2 N–H and O–H groups in total. The summed E-state index contributed by atoms with van der Waals surface area (Å²) in [6.07, 6.45) is 3.06. The molecule has 1 aromatic heterocycles. The van der Waals surface area contributed by atoms with Crippen LogP contribution >= 0.6 is 0 Å². The third-order valence-electron chi connectivity index (χ3n) is 5.32. The normalized spacial score (nSPS) is 18.1. The van der Waals surface area contributed by atoms with Gasteiger partial charge in [0.25, 0.3) is 5.91 Å². The molecule has 29 heavy (non-hydrogen) atoms. The summed E-state index contributed by atoms with van der Waals surface area (Å²) in [5.41, 5.74) is 0.789. The van der Waals surface area contributed by atoms with E-state index < -0.39 is 17.8 Å². The van der Waals surface area contributed by atoms with Gasteiger partial charge in [0.2, 0.25) is 11.8 Å². The van der Waals surface area contributed by atoms with Crippen molar-refractivity contribution in [3.8, 4) is 0 Å². The van der Waals surface area contributed by atoms with Crippen molar-refractivity contribution in [1.29, 1.82) is 0 Å². The van der Waals surface area contributed by atoms with E-state index in [-0.39, 0.29) is 29.5 Å². The Morgan fingerprint density at radius 1 is 1.34 bits per heavy atom. The first-order valence-corrected chi connectivity index (χ1v) is 9.80. The van der Waals surface area contributed by atoms with Crippen molar-refractivity contribution in [2.24, 2.45) is 5.92 Å². The highest BCUT2D eigenvalue weighted by atomic mass is 19.1. The van der Waals surface area contributed by atoms with Crippen LogP contribution in [0.5, 0.6) is 0 Å². The second kappa shape index (κ2) is 8.73. The summed E-state index contributed by atoms with van der Waals surface area (Å²) in [7, 11) is 1.93. The lowest BCUT2D eigenvalue weighted by atomic mass is 10.0. The number of anilines is 1. The number of likely N-dealkylation sites (tertiary alicyclic amines) is 1. The van der Waals surface area contributed by atoms with E-state index in [4.69, 9.17) is 4.42 Å². The number of oxazole rings is 1. The monoisotopic (exact) mass is 402 g/mol. The van der Waals surface area contributed by atoms with Gasteiger partial charge in [0.15, 0.2) is 5.69 Å². The van der Waals surface area contributed by atoms with Crippen LogP contribution in [0.25, 0.3) is 0 Å². The van der Waals surface area contributed by atoms with Crippen LogP contribution in [-0.2, 0) is 4.79 Å². The van der Waals surface area contributed by atoms with Crippen LogP contribution in [0.2, 0.25) is 0 Å². The molecular formula is C21H27FN4O3. The molecule has 1 fully saturated rings. The van der Waals surface area contributed by atoms with Crippen molar-refractivity contribution >= 4 is 17.5 Å². The molecule has 0 aliphatic carbocycles. The molecule has 7 nitrogen and oxygen atoms in total. The Balaban J connectivity index is 1.72. The highest BCUT2D eigenvalue weighted by Crippen LogP contribution is 2.24. The Morgan fingerprint density at radius 2 is 2.10 bits per heavy atom. The van der Waals surface area contributed by atoms with Crippen LogP contribution in [0.3, 0.4) is 0 Å². The first-order chi connectivity index (χ1) is 13.8. The number of rotatable bonds is 6. The first kappa shape index (κ1) is 21.0. The average Bonchev–Trinajstić information content (AvgIpc) is 3.32. The van der Waals surface area contributed by atoms with Crippen LogP contribution < -0.4 is 10.6 Å². The van der Waals surface area contributed by atoms with Crippen molar-refractivity contribution in [2.45, 2.75) is 45.7 Å².